The molecule has 2 aromatic heterocycles. The molecule has 6 nitrogen and oxygen atoms in total. The highest BCUT2D eigenvalue weighted by atomic mass is 16.5. The number of anilines is 2. The number of hydrogen-bond acceptors (Lipinski definition) is 5. The fourth-order valence-electron chi connectivity index (χ4n) is 1.88. The summed E-state index contributed by atoms with van der Waals surface area (Å²) >= 11 is 0. The highest BCUT2D eigenvalue weighted by Crippen LogP contribution is 2.21. The molecule has 1 N–H and O–H groups in total. The van der Waals surface area contributed by atoms with Crippen LogP contribution in [0.4, 0.5) is 11.5 Å². The smallest absolute Gasteiger partial charge is 0.359 e. The van der Waals surface area contributed by atoms with E-state index < -0.39 is 5.97 Å². The van der Waals surface area contributed by atoms with Gasteiger partial charge in [0.05, 0.1) is 18.0 Å². The van der Waals surface area contributed by atoms with Crippen LogP contribution in [0.2, 0.25) is 0 Å². The summed E-state index contributed by atoms with van der Waals surface area (Å²) < 4.78 is 6.75. The molecule has 2 rings (SSSR count). The topological polar surface area (TPSA) is 69.0 Å². The van der Waals surface area contributed by atoms with Crippen molar-refractivity contribution in [3.8, 4) is 0 Å². The number of pyridine rings is 1. The van der Waals surface area contributed by atoms with E-state index in [-0.39, 0.29) is 5.69 Å². The standard InChI is InChI=1S/C14H18N4O2/c1-5-20-14(19)13-11(7-6-9(2)15-13)16-12-8-10(3)17-18(12)4/h6-8,16H,5H2,1-4H3. The third-order valence-electron chi connectivity index (χ3n) is 2.77. The van der Waals surface area contributed by atoms with Crippen LogP contribution in [-0.4, -0.2) is 27.3 Å². The van der Waals surface area contributed by atoms with E-state index in [1.54, 1.807) is 11.6 Å². The number of nitrogens with one attached hydrogen (secondary N) is 1. The fraction of sp³-hybridized carbons (Fsp3) is 0.357. The number of carbonyl (C=O) groups excluding carboxylic acids is 1. The highest BCUT2D eigenvalue weighted by Gasteiger charge is 2.16. The lowest BCUT2D eigenvalue weighted by atomic mass is 10.2. The quantitative estimate of drug-likeness (QED) is 0.867. The Morgan fingerprint density at radius 3 is 2.70 bits per heavy atom. The second-order valence-corrected chi connectivity index (χ2v) is 4.49. The number of carbonyl (C=O) groups is 1. The summed E-state index contributed by atoms with van der Waals surface area (Å²) in [7, 11) is 1.83. The lowest BCUT2D eigenvalue weighted by Gasteiger charge is -2.11. The van der Waals surface area contributed by atoms with Crippen LogP contribution >= 0.6 is 0 Å². The van der Waals surface area contributed by atoms with Crippen molar-refractivity contribution < 1.29 is 9.53 Å². The fourth-order valence-corrected chi connectivity index (χ4v) is 1.88. The first-order valence-electron chi connectivity index (χ1n) is 6.43. The maximum atomic E-state index is 12.0. The van der Waals surface area contributed by atoms with Crippen molar-refractivity contribution >= 4 is 17.5 Å². The van der Waals surface area contributed by atoms with Crippen LogP contribution in [0.5, 0.6) is 0 Å². The van der Waals surface area contributed by atoms with E-state index in [0.717, 1.165) is 17.2 Å². The number of esters is 1. The maximum absolute atomic E-state index is 12.0. The Morgan fingerprint density at radius 1 is 1.35 bits per heavy atom. The van der Waals surface area contributed by atoms with E-state index in [1.807, 2.05) is 39.1 Å². The predicted octanol–water partition coefficient (Wildman–Crippen LogP) is 2.35. The Morgan fingerprint density at radius 2 is 2.10 bits per heavy atom. The molecular weight excluding hydrogens is 256 g/mol. The summed E-state index contributed by atoms with van der Waals surface area (Å²) in [6.07, 6.45) is 0. The summed E-state index contributed by atoms with van der Waals surface area (Å²) in [5.41, 5.74) is 2.55. The first kappa shape index (κ1) is 14.0. The van der Waals surface area contributed by atoms with Gasteiger partial charge in [-0.05, 0) is 32.9 Å². The molecule has 0 radical (unpaired) electrons. The monoisotopic (exact) mass is 274 g/mol. The molecule has 0 unspecified atom stereocenters. The second kappa shape index (κ2) is 5.73. The van der Waals surface area contributed by atoms with Crippen LogP contribution < -0.4 is 5.32 Å². The Kier molecular flexibility index (Phi) is 4.02. The van der Waals surface area contributed by atoms with Crippen LogP contribution in [0, 0.1) is 13.8 Å². The zero-order chi connectivity index (χ0) is 14.7. The highest BCUT2D eigenvalue weighted by molar-refractivity contribution is 5.94. The van der Waals surface area contributed by atoms with Gasteiger partial charge in [-0.2, -0.15) is 5.10 Å². The number of aromatic nitrogens is 3. The van der Waals surface area contributed by atoms with Gasteiger partial charge in [-0.25, -0.2) is 9.78 Å². The van der Waals surface area contributed by atoms with Crippen molar-refractivity contribution in [2.24, 2.45) is 7.05 Å². The SMILES string of the molecule is CCOC(=O)c1nc(C)ccc1Nc1cc(C)nn1C. The van der Waals surface area contributed by atoms with Crippen LogP contribution in [-0.2, 0) is 11.8 Å². The molecule has 6 heteroatoms. The van der Waals surface area contributed by atoms with E-state index in [0.29, 0.717) is 12.3 Å². The Hall–Kier alpha value is -2.37. The Balaban J connectivity index is 2.36. The van der Waals surface area contributed by atoms with E-state index in [4.69, 9.17) is 4.74 Å². The third kappa shape index (κ3) is 2.96. The van der Waals surface area contributed by atoms with Gasteiger partial charge in [0.15, 0.2) is 5.69 Å². The lowest BCUT2D eigenvalue weighted by Crippen LogP contribution is -2.12. The number of ether oxygens (including phenoxy) is 1. The molecular formula is C14H18N4O2. The van der Waals surface area contributed by atoms with Crippen molar-refractivity contribution in [2.75, 3.05) is 11.9 Å². The molecule has 0 aliphatic carbocycles. The van der Waals surface area contributed by atoms with Gasteiger partial charge in [-0.15, -0.1) is 0 Å². The Bertz CT molecular complexity index is 634. The molecule has 0 aliphatic rings. The minimum absolute atomic E-state index is 0.283. The molecule has 0 fully saturated rings. The van der Waals surface area contributed by atoms with Crippen molar-refractivity contribution in [1.82, 2.24) is 14.8 Å². The predicted molar refractivity (Wildman–Crippen MR) is 76.2 cm³/mol. The molecule has 0 spiro atoms. The molecule has 0 aliphatic heterocycles. The maximum Gasteiger partial charge on any atom is 0.359 e. The number of nitrogens with zero attached hydrogens (tertiary/aromatic N) is 3. The zero-order valence-electron chi connectivity index (χ0n) is 12.1. The molecule has 20 heavy (non-hydrogen) atoms. The zero-order valence-corrected chi connectivity index (χ0v) is 12.1. The van der Waals surface area contributed by atoms with Crippen LogP contribution in [0.25, 0.3) is 0 Å². The summed E-state index contributed by atoms with van der Waals surface area (Å²) in [6.45, 7) is 5.83. The summed E-state index contributed by atoms with van der Waals surface area (Å²) in [5.74, 6) is 0.358. The summed E-state index contributed by atoms with van der Waals surface area (Å²) in [6, 6.07) is 5.56. The Labute approximate surface area is 117 Å². The molecule has 0 atom stereocenters. The first-order chi connectivity index (χ1) is 9.51. The average molecular weight is 274 g/mol. The minimum Gasteiger partial charge on any atom is -0.461 e. The van der Waals surface area contributed by atoms with E-state index in [2.05, 4.69) is 15.4 Å². The first-order valence-corrected chi connectivity index (χ1v) is 6.43. The van der Waals surface area contributed by atoms with Gasteiger partial charge in [0.25, 0.3) is 0 Å². The van der Waals surface area contributed by atoms with E-state index in [1.165, 1.54) is 0 Å². The molecule has 0 saturated carbocycles. The molecule has 0 amide bonds. The van der Waals surface area contributed by atoms with E-state index >= 15 is 0 Å². The van der Waals surface area contributed by atoms with Crippen molar-refractivity contribution in [1.29, 1.82) is 0 Å². The van der Waals surface area contributed by atoms with Crippen LogP contribution in [0.1, 0.15) is 28.8 Å². The van der Waals surface area contributed by atoms with Crippen LogP contribution in [0.15, 0.2) is 18.2 Å². The molecule has 0 bridgehead atoms. The second-order valence-electron chi connectivity index (χ2n) is 4.49. The van der Waals surface area contributed by atoms with Gasteiger partial charge in [0, 0.05) is 18.8 Å². The normalized spacial score (nSPS) is 10.4. The summed E-state index contributed by atoms with van der Waals surface area (Å²) in [4.78, 5) is 16.2. The van der Waals surface area contributed by atoms with Crippen molar-refractivity contribution in [2.45, 2.75) is 20.8 Å². The van der Waals surface area contributed by atoms with Crippen LogP contribution in [0.3, 0.4) is 0 Å². The van der Waals surface area contributed by atoms with Gasteiger partial charge < -0.3 is 10.1 Å². The summed E-state index contributed by atoms with van der Waals surface area (Å²) in [5, 5.41) is 7.42. The largest absolute Gasteiger partial charge is 0.461 e. The van der Waals surface area contributed by atoms with Gasteiger partial charge in [0.1, 0.15) is 5.82 Å². The molecule has 2 heterocycles. The molecule has 106 valence electrons. The van der Waals surface area contributed by atoms with Gasteiger partial charge in [-0.1, -0.05) is 0 Å². The van der Waals surface area contributed by atoms with Crippen molar-refractivity contribution in [3.63, 3.8) is 0 Å². The third-order valence-corrected chi connectivity index (χ3v) is 2.77. The van der Waals surface area contributed by atoms with Gasteiger partial charge >= 0.3 is 5.97 Å². The number of rotatable bonds is 4. The van der Waals surface area contributed by atoms with Gasteiger partial charge in [-0.3, -0.25) is 4.68 Å². The van der Waals surface area contributed by atoms with Gasteiger partial charge in [0.2, 0.25) is 0 Å². The number of hydrogen-bond donors (Lipinski definition) is 1. The van der Waals surface area contributed by atoms with Crippen molar-refractivity contribution in [3.05, 3.63) is 35.3 Å². The molecule has 2 aromatic rings. The average Bonchev–Trinajstić information content (AvgIpc) is 2.70. The molecule has 0 saturated heterocycles. The molecule has 0 aromatic carbocycles. The lowest BCUT2D eigenvalue weighted by molar-refractivity contribution is 0.0520. The minimum atomic E-state index is -0.433. The number of aryl methyl sites for hydroxylation is 3. The van der Waals surface area contributed by atoms with E-state index in [9.17, 15) is 4.79 Å².